The maximum absolute atomic E-state index is 10.8. The average Bonchev–Trinajstić information content (AvgIpc) is 3.03. The van der Waals surface area contributed by atoms with E-state index in [1.165, 1.54) is 17.2 Å². The molecule has 0 spiro atoms. The van der Waals surface area contributed by atoms with Crippen LogP contribution in [0.2, 0.25) is 0 Å². The monoisotopic (exact) mass is 379 g/mol. The van der Waals surface area contributed by atoms with E-state index in [4.69, 9.17) is 25.0 Å². The molecule has 3 atom stereocenters. The van der Waals surface area contributed by atoms with Crippen molar-refractivity contribution < 1.29 is 28.9 Å². The molecule has 124 valence electrons. The summed E-state index contributed by atoms with van der Waals surface area (Å²) >= 11 is 0. The molecule has 0 unspecified atom stereocenters. The van der Waals surface area contributed by atoms with Crippen molar-refractivity contribution in [3.8, 4) is 11.5 Å². The number of fused-ring (bicyclic) bond motifs is 1. The van der Waals surface area contributed by atoms with Gasteiger partial charge in [0.15, 0.2) is 18.5 Å². The Morgan fingerprint density at radius 1 is 1.38 bits per heavy atom. The molecule has 14 heteroatoms. The van der Waals surface area contributed by atoms with E-state index in [1.807, 2.05) is 0 Å². The zero-order valence-electron chi connectivity index (χ0n) is 11.2. The number of hydrogen-bond acceptors (Lipinski definition) is 8. The van der Waals surface area contributed by atoms with Gasteiger partial charge in [0.2, 0.25) is 0 Å². The molecule has 0 aromatic heterocycles. The molecule has 0 aromatic rings. The van der Waals surface area contributed by atoms with Crippen LogP contribution in [0.5, 0.6) is 0 Å². The number of nitrogen functional groups attached to an aromatic ring is 1. The molecule has 3 heterocycles. The van der Waals surface area contributed by atoms with Gasteiger partial charge in [-0.05, 0) is 0 Å². The van der Waals surface area contributed by atoms with Gasteiger partial charge in [-0.15, -0.1) is 0 Å². The van der Waals surface area contributed by atoms with Crippen LogP contribution >= 0.6 is 7.60 Å². The Balaban J connectivity index is 0.00000144. The number of rotatable bonds is 4. The number of anilines is 1. The van der Waals surface area contributed by atoms with E-state index in [2.05, 4.69) is 15.0 Å². The molecule has 0 radical (unpaired) electrons. The van der Waals surface area contributed by atoms with Gasteiger partial charge in [-0.2, -0.15) is 0 Å². The molecule has 3 aliphatic rings. The van der Waals surface area contributed by atoms with E-state index in [1.54, 1.807) is 0 Å². The van der Waals surface area contributed by atoms with Gasteiger partial charge in [0.05, 0.1) is 0 Å². The van der Waals surface area contributed by atoms with Crippen LogP contribution in [0.15, 0.2) is 12.7 Å². The summed E-state index contributed by atoms with van der Waals surface area (Å²) in [6.45, 7) is 0. The topological polar surface area (TPSA) is 166 Å². The Morgan fingerprint density at radius 3 is 2.75 bits per heavy atom. The number of nitrogens with zero attached hydrogens (tertiary/aromatic N) is 4. The van der Waals surface area contributed by atoms with Crippen LogP contribution < -0.4 is 5.73 Å². The van der Waals surface area contributed by atoms with E-state index >= 15 is 0 Å². The summed E-state index contributed by atoms with van der Waals surface area (Å²) in [5.41, 5.74) is 6.37. The first-order valence-electron chi connectivity index (χ1n) is 6.28. The van der Waals surface area contributed by atoms with E-state index in [9.17, 15) is 9.67 Å². The van der Waals surface area contributed by atoms with Gasteiger partial charge >= 0.3 is 66.7 Å². The quantitative estimate of drug-likeness (QED) is 0.339. The standard InChI is InChI=1S/C10H14N5O6P.2Na.2H/c11-8-7-9(13-2-12-7)14-3-15(8)6-1-5(16)10(21-6)20-4-22(17,18)19;;;;/h2-3,5-6,10,16H,1,4,11H2,(H2,17,18,19);;;;/t5-,6+,10-;;;;/m0..../s1. The van der Waals surface area contributed by atoms with Gasteiger partial charge in [0.25, 0.3) is 0 Å². The van der Waals surface area contributed by atoms with Crippen LogP contribution in [0.3, 0.4) is 0 Å². The molecule has 0 saturated carbocycles. The van der Waals surface area contributed by atoms with Crippen LogP contribution in [0, 0.1) is 0 Å². The van der Waals surface area contributed by atoms with Crippen LogP contribution in [-0.4, -0.2) is 112 Å². The second-order valence-corrected chi connectivity index (χ2v) is 6.39. The van der Waals surface area contributed by atoms with Gasteiger partial charge in [-0.1, -0.05) is 0 Å². The number of nitrogens with two attached hydrogens (primary N) is 1. The Kier molecular flexibility index (Phi) is 8.27. The second kappa shape index (κ2) is 8.85. The SMILES string of the molecule is Nc1c2ncnc-2ncn1[C@H]1C[C@H](O)[C@@H](OCP(=O)(O)O)O1.[NaH].[NaH]. The summed E-state index contributed by atoms with van der Waals surface area (Å²) in [7, 11) is -4.35. The average molecular weight is 379 g/mol. The molecule has 0 aliphatic carbocycles. The Hall–Kier alpha value is 0.380. The van der Waals surface area contributed by atoms with Crippen molar-refractivity contribution in [2.45, 2.75) is 25.0 Å². The number of imidazole rings is 1. The first-order valence-corrected chi connectivity index (χ1v) is 8.07. The van der Waals surface area contributed by atoms with Crippen molar-refractivity contribution in [1.82, 2.24) is 19.5 Å². The molecular weight excluding hydrogens is 363 g/mol. The van der Waals surface area contributed by atoms with Crippen molar-refractivity contribution in [1.29, 1.82) is 0 Å². The molecule has 1 saturated heterocycles. The first-order chi connectivity index (χ1) is 10.3. The third-order valence-electron chi connectivity index (χ3n) is 3.17. The Bertz CT molecular complexity index is 698. The fraction of sp³-hybridized carbons (Fsp3) is 0.500. The second-order valence-electron chi connectivity index (χ2n) is 4.81. The van der Waals surface area contributed by atoms with Crippen molar-refractivity contribution in [2.75, 3.05) is 12.1 Å². The van der Waals surface area contributed by atoms with Gasteiger partial charge < -0.3 is 30.1 Å². The third-order valence-corrected chi connectivity index (χ3v) is 3.66. The molecule has 1 fully saturated rings. The van der Waals surface area contributed by atoms with Crippen molar-refractivity contribution in [2.24, 2.45) is 0 Å². The molecule has 0 bridgehead atoms. The maximum atomic E-state index is 10.8. The van der Waals surface area contributed by atoms with Crippen LogP contribution in [0.4, 0.5) is 5.82 Å². The predicted octanol–water partition coefficient (Wildman–Crippen LogP) is -2.18. The fourth-order valence-corrected chi connectivity index (χ4v) is 2.53. The minimum atomic E-state index is -4.35. The van der Waals surface area contributed by atoms with Crippen LogP contribution in [0.1, 0.15) is 12.6 Å². The van der Waals surface area contributed by atoms with E-state index in [-0.39, 0.29) is 71.4 Å². The summed E-state index contributed by atoms with van der Waals surface area (Å²) in [5, 5.41) is 9.88. The molecule has 11 nitrogen and oxygen atoms in total. The predicted molar refractivity (Wildman–Crippen MR) is 85.7 cm³/mol. The summed E-state index contributed by atoms with van der Waals surface area (Å²) in [4.78, 5) is 29.5. The van der Waals surface area contributed by atoms with Crippen molar-refractivity contribution in [3.05, 3.63) is 12.7 Å². The molecule has 3 aliphatic heterocycles. The first kappa shape index (κ1) is 22.4. The summed E-state index contributed by atoms with van der Waals surface area (Å²) in [6.07, 6.45) is -0.889. The number of aliphatic hydroxyl groups is 1. The zero-order valence-corrected chi connectivity index (χ0v) is 12.1. The summed E-state index contributed by atoms with van der Waals surface area (Å²) < 4.78 is 22.6. The number of hydrogen-bond donors (Lipinski definition) is 4. The van der Waals surface area contributed by atoms with Crippen molar-refractivity contribution in [3.63, 3.8) is 0 Å². The van der Waals surface area contributed by atoms with E-state index < -0.39 is 32.6 Å². The van der Waals surface area contributed by atoms with E-state index in [0.29, 0.717) is 11.5 Å². The van der Waals surface area contributed by atoms with Gasteiger partial charge in [-0.3, -0.25) is 9.13 Å². The molecule has 0 amide bonds. The summed E-state index contributed by atoms with van der Waals surface area (Å²) in [6, 6.07) is 0. The molecule has 5 N–H and O–H groups in total. The van der Waals surface area contributed by atoms with Gasteiger partial charge in [-0.25, -0.2) is 15.0 Å². The van der Waals surface area contributed by atoms with Crippen LogP contribution in [-0.2, 0) is 14.0 Å². The van der Waals surface area contributed by atoms with Gasteiger partial charge in [0.1, 0.15) is 36.5 Å². The summed E-state index contributed by atoms with van der Waals surface area (Å²) in [5.74, 6) is 0.650. The molecule has 24 heavy (non-hydrogen) atoms. The molecular formula is C10H16N5Na2O6P. The number of aromatic nitrogens is 4. The normalized spacial score (nSPS) is 23.7. The van der Waals surface area contributed by atoms with Gasteiger partial charge in [0, 0.05) is 6.42 Å². The number of aliphatic hydroxyl groups excluding tert-OH is 1. The van der Waals surface area contributed by atoms with Crippen molar-refractivity contribution >= 4 is 72.5 Å². The Labute approximate surface area is 181 Å². The molecule has 3 rings (SSSR count). The zero-order chi connectivity index (χ0) is 15.9. The minimum absolute atomic E-state index is 0. The van der Waals surface area contributed by atoms with E-state index in [0.717, 1.165) is 0 Å². The number of ether oxygens (including phenoxy) is 2. The molecule has 0 aromatic carbocycles. The Morgan fingerprint density at radius 2 is 2.08 bits per heavy atom. The fourth-order valence-electron chi connectivity index (χ4n) is 2.18. The van der Waals surface area contributed by atoms with Crippen LogP contribution in [0.25, 0.3) is 11.5 Å². The third kappa shape index (κ3) is 4.97.